The maximum Gasteiger partial charge on any atom is 0.179 e. The quantitative estimate of drug-likeness (QED) is 0.390. The Morgan fingerprint density at radius 3 is 2.83 bits per heavy atom. The van der Waals surface area contributed by atoms with Gasteiger partial charge in [0, 0.05) is 0 Å². The van der Waals surface area contributed by atoms with Gasteiger partial charge in [-0.15, -0.1) is 0 Å². The van der Waals surface area contributed by atoms with Crippen LogP contribution in [0.5, 0.6) is 0 Å². The molecule has 3 heteroatoms. The standard InChI is InChI=1S/C3H2BNO/c4-3-1-5-2-6-3/h1-2H. The Labute approximate surface area is 36.6 Å². The van der Waals surface area contributed by atoms with Crippen LogP contribution in [0.4, 0.5) is 0 Å². The Morgan fingerprint density at radius 1 is 1.83 bits per heavy atom. The molecule has 0 saturated carbocycles. The zero-order chi connectivity index (χ0) is 4.41. The van der Waals surface area contributed by atoms with Gasteiger partial charge in [-0.25, -0.2) is 4.98 Å². The second-order valence-corrected chi connectivity index (χ2v) is 0.904. The summed E-state index contributed by atoms with van der Waals surface area (Å²) in [7, 11) is 5.05. The Kier molecular flexibility index (Phi) is 0.672. The van der Waals surface area contributed by atoms with Gasteiger partial charge in [-0.05, 0) is 0 Å². The number of rotatable bonds is 0. The van der Waals surface area contributed by atoms with Crippen LogP contribution in [0.2, 0.25) is 0 Å². The lowest BCUT2D eigenvalue weighted by Crippen LogP contribution is -1.92. The molecule has 1 aromatic heterocycles. The first-order chi connectivity index (χ1) is 2.89. The van der Waals surface area contributed by atoms with Crippen LogP contribution in [-0.4, -0.2) is 12.8 Å². The molecule has 0 spiro atoms. The van der Waals surface area contributed by atoms with E-state index in [2.05, 4.69) is 9.40 Å². The van der Waals surface area contributed by atoms with Crippen molar-refractivity contribution in [2.45, 2.75) is 0 Å². The highest BCUT2D eigenvalue weighted by Gasteiger charge is 1.77. The molecule has 6 heavy (non-hydrogen) atoms. The van der Waals surface area contributed by atoms with E-state index in [1.165, 1.54) is 12.6 Å². The van der Waals surface area contributed by atoms with E-state index < -0.39 is 0 Å². The van der Waals surface area contributed by atoms with Gasteiger partial charge in [0.15, 0.2) is 14.2 Å². The summed E-state index contributed by atoms with van der Waals surface area (Å²) in [6.07, 6.45) is 2.73. The van der Waals surface area contributed by atoms with Crippen molar-refractivity contribution in [2.75, 3.05) is 0 Å². The monoisotopic (exact) mass is 79.0 g/mol. The third-order valence-electron chi connectivity index (χ3n) is 0.451. The van der Waals surface area contributed by atoms with Crippen molar-refractivity contribution in [3.63, 3.8) is 0 Å². The van der Waals surface area contributed by atoms with Crippen LogP contribution in [0.15, 0.2) is 17.0 Å². The Hall–Kier alpha value is -0.725. The van der Waals surface area contributed by atoms with Gasteiger partial charge in [0.05, 0.1) is 11.9 Å². The molecular formula is C3H2BNO. The summed E-state index contributed by atoms with van der Waals surface area (Å²) in [5.41, 5.74) is 0.356. The van der Waals surface area contributed by atoms with E-state index in [0.29, 0.717) is 5.66 Å². The van der Waals surface area contributed by atoms with Gasteiger partial charge >= 0.3 is 0 Å². The summed E-state index contributed by atoms with van der Waals surface area (Å²) < 4.78 is 4.50. The van der Waals surface area contributed by atoms with E-state index in [1.807, 2.05) is 0 Å². The first-order valence-corrected chi connectivity index (χ1v) is 1.53. The number of aromatic nitrogens is 1. The molecule has 0 saturated heterocycles. The first kappa shape index (κ1) is 3.46. The normalized spacial score (nSPS) is 8.67. The zero-order valence-electron chi connectivity index (χ0n) is 3.09. The van der Waals surface area contributed by atoms with Crippen LogP contribution in [0.3, 0.4) is 0 Å². The molecule has 2 nitrogen and oxygen atoms in total. The Morgan fingerprint density at radius 2 is 2.67 bits per heavy atom. The Balaban J connectivity index is 3.05. The van der Waals surface area contributed by atoms with Gasteiger partial charge in [-0.2, -0.15) is 0 Å². The Bertz CT molecular complexity index is 114. The maximum atomic E-state index is 5.05. The largest absolute Gasteiger partial charge is 0.460 e. The summed E-state index contributed by atoms with van der Waals surface area (Å²) in [5.74, 6) is 0. The van der Waals surface area contributed by atoms with Gasteiger partial charge in [0.2, 0.25) is 0 Å². The molecule has 1 heterocycles. The molecule has 0 aliphatic carbocycles. The van der Waals surface area contributed by atoms with Gasteiger partial charge < -0.3 is 4.42 Å². The minimum absolute atomic E-state index is 0.356. The number of hydrogen-bond acceptors (Lipinski definition) is 2. The minimum atomic E-state index is 0.356. The van der Waals surface area contributed by atoms with Crippen molar-refractivity contribution in [3.8, 4) is 0 Å². The summed E-state index contributed by atoms with van der Waals surface area (Å²) in [5, 5.41) is 0. The third-order valence-corrected chi connectivity index (χ3v) is 0.451. The fourth-order valence-electron chi connectivity index (χ4n) is 0.226. The summed E-state index contributed by atoms with van der Waals surface area (Å²) >= 11 is 0. The molecule has 0 unspecified atom stereocenters. The highest BCUT2D eigenvalue weighted by Crippen LogP contribution is 1.67. The number of oxazole rings is 1. The minimum Gasteiger partial charge on any atom is -0.460 e. The molecule has 0 fully saturated rings. The molecule has 0 bridgehead atoms. The molecule has 1 aromatic rings. The van der Waals surface area contributed by atoms with Gasteiger partial charge in [-0.3, -0.25) is 0 Å². The van der Waals surface area contributed by atoms with E-state index in [0.717, 1.165) is 0 Å². The highest BCUT2D eigenvalue weighted by molar-refractivity contribution is 6.29. The third kappa shape index (κ3) is 0.430. The number of hydrogen-bond donors (Lipinski definition) is 0. The highest BCUT2D eigenvalue weighted by atomic mass is 16.3. The van der Waals surface area contributed by atoms with Crippen molar-refractivity contribution in [1.82, 2.24) is 4.98 Å². The average Bonchev–Trinajstić information content (AvgIpc) is 1.86. The van der Waals surface area contributed by atoms with E-state index in [9.17, 15) is 0 Å². The van der Waals surface area contributed by atoms with Gasteiger partial charge in [0.25, 0.3) is 0 Å². The van der Waals surface area contributed by atoms with E-state index in [1.54, 1.807) is 0 Å². The van der Waals surface area contributed by atoms with Crippen LogP contribution in [0.25, 0.3) is 0 Å². The van der Waals surface area contributed by atoms with Crippen LogP contribution in [0.1, 0.15) is 0 Å². The molecule has 1 rings (SSSR count). The van der Waals surface area contributed by atoms with Crippen molar-refractivity contribution in [3.05, 3.63) is 12.6 Å². The predicted molar refractivity (Wildman–Crippen MR) is 21.9 cm³/mol. The van der Waals surface area contributed by atoms with Crippen LogP contribution in [-0.2, 0) is 0 Å². The summed E-state index contributed by atoms with van der Waals surface area (Å²) in [6, 6.07) is 0. The van der Waals surface area contributed by atoms with Crippen molar-refractivity contribution in [1.29, 1.82) is 0 Å². The van der Waals surface area contributed by atoms with E-state index in [-0.39, 0.29) is 0 Å². The second kappa shape index (κ2) is 1.16. The maximum absolute atomic E-state index is 5.05. The predicted octanol–water partition coefficient (Wildman–Crippen LogP) is -0.532. The fourth-order valence-corrected chi connectivity index (χ4v) is 0.226. The van der Waals surface area contributed by atoms with E-state index in [4.69, 9.17) is 7.85 Å². The molecule has 0 aliphatic heterocycles. The molecule has 0 aliphatic rings. The molecular weight excluding hydrogens is 76.9 g/mol. The van der Waals surface area contributed by atoms with Crippen LogP contribution >= 0.6 is 0 Å². The van der Waals surface area contributed by atoms with E-state index >= 15 is 0 Å². The second-order valence-electron chi connectivity index (χ2n) is 0.904. The number of nitrogens with zero attached hydrogens (tertiary/aromatic N) is 1. The molecule has 2 radical (unpaired) electrons. The molecule has 0 amide bonds. The van der Waals surface area contributed by atoms with Gasteiger partial charge in [0.1, 0.15) is 0 Å². The zero-order valence-corrected chi connectivity index (χ0v) is 3.09. The summed E-state index contributed by atoms with van der Waals surface area (Å²) in [4.78, 5) is 3.53. The topological polar surface area (TPSA) is 26.0 Å². The lowest BCUT2D eigenvalue weighted by molar-refractivity contribution is 0.590. The lowest BCUT2D eigenvalue weighted by atomic mass is 10.1. The van der Waals surface area contributed by atoms with Crippen molar-refractivity contribution in [2.24, 2.45) is 0 Å². The van der Waals surface area contributed by atoms with Crippen LogP contribution < -0.4 is 5.66 Å². The first-order valence-electron chi connectivity index (χ1n) is 1.53. The molecule has 0 aromatic carbocycles. The lowest BCUT2D eigenvalue weighted by Gasteiger charge is -1.66. The summed E-state index contributed by atoms with van der Waals surface area (Å²) in [6.45, 7) is 0. The van der Waals surface area contributed by atoms with Crippen molar-refractivity contribution >= 4 is 13.5 Å². The smallest absolute Gasteiger partial charge is 0.179 e. The van der Waals surface area contributed by atoms with Gasteiger partial charge in [-0.1, -0.05) is 0 Å². The molecule has 0 N–H and O–H groups in total. The molecule has 28 valence electrons. The SMILES string of the molecule is [B]c1cnco1. The van der Waals surface area contributed by atoms with Crippen LogP contribution in [0, 0.1) is 0 Å². The molecule has 0 atom stereocenters. The van der Waals surface area contributed by atoms with Crippen molar-refractivity contribution < 1.29 is 4.42 Å². The average molecular weight is 78.9 g/mol. The fraction of sp³-hybridized carbons (Fsp3) is 0.